The van der Waals surface area contributed by atoms with Gasteiger partial charge in [-0.3, -0.25) is 0 Å². The lowest BCUT2D eigenvalue weighted by Crippen LogP contribution is -2.43. The van der Waals surface area contributed by atoms with Gasteiger partial charge in [0.1, 0.15) is 0 Å². The van der Waals surface area contributed by atoms with Crippen molar-refractivity contribution in [1.82, 2.24) is 5.32 Å². The van der Waals surface area contributed by atoms with Gasteiger partial charge in [0.15, 0.2) is 0 Å². The van der Waals surface area contributed by atoms with Gasteiger partial charge in [-0.1, -0.05) is 33.8 Å². The normalized spacial score (nSPS) is 20.4. The Morgan fingerprint density at radius 3 is 2.35 bits per heavy atom. The quantitative estimate of drug-likeness (QED) is 0.734. The Labute approximate surface area is 139 Å². The molecule has 1 aliphatic rings. The van der Waals surface area contributed by atoms with Gasteiger partial charge < -0.3 is 16.2 Å². The highest BCUT2D eigenvalue weighted by atomic mass is 16.4. The van der Waals surface area contributed by atoms with Crippen molar-refractivity contribution in [3.63, 3.8) is 0 Å². The summed E-state index contributed by atoms with van der Waals surface area (Å²) < 4.78 is 0. The van der Waals surface area contributed by atoms with Crippen LogP contribution in [0.15, 0.2) is 12.1 Å². The van der Waals surface area contributed by atoms with E-state index in [-0.39, 0.29) is 5.56 Å². The molecule has 0 radical (unpaired) electrons. The highest BCUT2D eigenvalue weighted by Gasteiger charge is 2.38. The van der Waals surface area contributed by atoms with Crippen molar-refractivity contribution in [1.29, 1.82) is 0 Å². The van der Waals surface area contributed by atoms with E-state index in [1.807, 2.05) is 13.0 Å². The average molecular weight is 318 g/mol. The third kappa shape index (κ3) is 4.47. The van der Waals surface area contributed by atoms with Crippen molar-refractivity contribution >= 4 is 11.7 Å². The standard InChI is InChI=1S/C19H30N2O2/c1-12-6-13(16(20)7-15(12)17(22)23)10-21-14-8-18(2,3)11-19(4,5)9-14/h6-7,14,21H,8-11,20H2,1-5H3,(H,22,23). The van der Waals surface area contributed by atoms with Crippen LogP contribution in [0.5, 0.6) is 0 Å². The van der Waals surface area contributed by atoms with Crippen LogP contribution in [0, 0.1) is 17.8 Å². The van der Waals surface area contributed by atoms with Gasteiger partial charge in [-0.15, -0.1) is 0 Å². The van der Waals surface area contributed by atoms with Crippen LogP contribution >= 0.6 is 0 Å². The second kappa shape index (κ2) is 6.16. The number of benzene rings is 1. The maximum Gasteiger partial charge on any atom is 0.336 e. The van der Waals surface area contributed by atoms with Crippen molar-refractivity contribution in [2.75, 3.05) is 5.73 Å². The minimum atomic E-state index is -0.926. The number of nitrogens with one attached hydrogen (secondary N) is 1. The monoisotopic (exact) mass is 318 g/mol. The summed E-state index contributed by atoms with van der Waals surface area (Å²) in [5, 5.41) is 12.8. The van der Waals surface area contributed by atoms with Crippen LogP contribution in [0.25, 0.3) is 0 Å². The van der Waals surface area contributed by atoms with Crippen molar-refractivity contribution in [2.24, 2.45) is 10.8 Å². The third-order valence-electron chi connectivity index (χ3n) is 4.85. The minimum Gasteiger partial charge on any atom is -0.478 e. The maximum absolute atomic E-state index is 11.2. The summed E-state index contributed by atoms with van der Waals surface area (Å²) in [5.41, 5.74) is 9.30. The van der Waals surface area contributed by atoms with E-state index in [0.29, 0.717) is 29.1 Å². The molecule has 1 saturated carbocycles. The summed E-state index contributed by atoms with van der Waals surface area (Å²) in [6.07, 6.45) is 3.55. The number of nitrogens with two attached hydrogens (primary N) is 1. The maximum atomic E-state index is 11.2. The molecule has 1 aliphatic carbocycles. The molecular weight excluding hydrogens is 288 g/mol. The van der Waals surface area contributed by atoms with Crippen LogP contribution in [-0.4, -0.2) is 17.1 Å². The van der Waals surface area contributed by atoms with Crippen molar-refractivity contribution in [3.8, 4) is 0 Å². The number of hydrogen-bond donors (Lipinski definition) is 3. The average Bonchev–Trinajstić information content (AvgIpc) is 2.35. The van der Waals surface area contributed by atoms with Crippen LogP contribution in [0.1, 0.15) is 68.4 Å². The highest BCUT2D eigenvalue weighted by Crippen LogP contribution is 2.45. The fourth-order valence-electron chi connectivity index (χ4n) is 4.41. The predicted molar refractivity (Wildman–Crippen MR) is 94.6 cm³/mol. The number of carbonyl (C=O) groups is 1. The number of carboxylic acid groups (broad SMARTS) is 1. The number of rotatable bonds is 4. The first-order valence-electron chi connectivity index (χ1n) is 8.35. The van der Waals surface area contributed by atoms with Crippen molar-refractivity contribution in [2.45, 2.75) is 66.5 Å². The third-order valence-corrected chi connectivity index (χ3v) is 4.85. The number of carboxylic acids is 1. The van der Waals surface area contributed by atoms with E-state index in [2.05, 4.69) is 33.0 Å². The second-order valence-electron chi connectivity index (χ2n) is 8.66. The van der Waals surface area contributed by atoms with E-state index in [0.717, 1.165) is 24.0 Å². The zero-order valence-corrected chi connectivity index (χ0v) is 15.0. The molecule has 0 spiro atoms. The molecule has 0 aromatic heterocycles. The summed E-state index contributed by atoms with van der Waals surface area (Å²) in [7, 11) is 0. The van der Waals surface area contributed by atoms with Gasteiger partial charge in [0, 0.05) is 18.3 Å². The summed E-state index contributed by atoms with van der Waals surface area (Å²) in [4.78, 5) is 11.2. The molecule has 0 atom stereocenters. The van der Waals surface area contributed by atoms with E-state index in [9.17, 15) is 4.79 Å². The van der Waals surface area contributed by atoms with E-state index < -0.39 is 5.97 Å². The molecule has 23 heavy (non-hydrogen) atoms. The summed E-state index contributed by atoms with van der Waals surface area (Å²) in [6, 6.07) is 3.93. The Kier molecular flexibility index (Phi) is 4.76. The Balaban J connectivity index is 2.09. The molecule has 4 heteroatoms. The first-order valence-corrected chi connectivity index (χ1v) is 8.35. The number of aryl methyl sites for hydroxylation is 1. The molecule has 0 heterocycles. The largest absolute Gasteiger partial charge is 0.478 e. The second-order valence-corrected chi connectivity index (χ2v) is 8.66. The highest BCUT2D eigenvalue weighted by molar-refractivity contribution is 5.90. The van der Waals surface area contributed by atoms with Crippen LogP contribution in [0.4, 0.5) is 5.69 Å². The van der Waals surface area contributed by atoms with Gasteiger partial charge in [-0.2, -0.15) is 0 Å². The van der Waals surface area contributed by atoms with Crippen LogP contribution in [-0.2, 0) is 6.54 Å². The molecule has 0 saturated heterocycles. The molecule has 0 unspecified atom stereocenters. The van der Waals surface area contributed by atoms with E-state index >= 15 is 0 Å². The lowest BCUT2D eigenvalue weighted by atomic mass is 9.63. The van der Waals surface area contributed by atoms with Gasteiger partial charge in [0.25, 0.3) is 0 Å². The van der Waals surface area contributed by atoms with Crippen LogP contribution in [0.3, 0.4) is 0 Å². The Morgan fingerprint density at radius 2 is 1.83 bits per heavy atom. The smallest absolute Gasteiger partial charge is 0.336 e. The first kappa shape index (κ1) is 17.8. The molecule has 4 nitrogen and oxygen atoms in total. The van der Waals surface area contributed by atoms with Crippen LogP contribution < -0.4 is 11.1 Å². The van der Waals surface area contributed by atoms with Gasteiger partial charge in [-0.25, -0.2) is 4.79 Å². The molecule has 1 aromatic carbocycles. The van der Waals surface area contributed by atoms with Gasteiger partial charge in [0.2, 0.25) is 0 Å². The molecule has 4 N–H and O–H groups in total. The lowest BCUT2D eigenvalue weighted by Gasteiger charge is -2.45. The Hall–Kier alpha value is -1.55. The summed E-state index contributed by atoms with van der Waals surface area (Å²) in [6.45, 7) is 11.8. The Bertz CT molecular complexity index is 590. The molecule has 2 rings (SSSR count). The van der Waals surface area contributed by atoms with Gasteiger partial charge >= 0.3 is 5.97 Å². The Morgan fingerprint density at radius 1 is 1.26 bits per heavy atom. The zero-order chi connectivity index (χ0) is 17.4. The van der Waals surface area contributed by atoms with Crippen LogP contribution in [0.2, 0.25) is 0 Å². The van der Waals surface area contributed by atoms with E-state index in [4.69, 9.17) is 10.8 Å². The predicted octanol–water partition coefficient (Wildman–Crippen LogP) is 3.97. The summed E-state index contributed by atoms with van der Waals surface area (Å²) >= 11 is 0. The lowest BCUT2D eigenvalue weighted by molar-refractivity contribution is 0.0695. The molecule has 0 bridgehead atoms. The SMILES string of the molecule is Cc1cc(CNC2CC(C)(C)CC(C)(C)C2)c(N)cc1C(=O)O. The summed E-state index contributed by atoms with van der Waals surface area (Å²) in [5.74, 6) is -0.926. The molecule has 1 fully saturated rings. The van der Waals surface area contributed by atoms with E-state index in [1.165, 1.54) is 6.42 Å². The number of hydrogen-bond acceptors (Lipinski definition) is 3. The molecule has 0 amide bonds. The number of nitrogen functional groups attached to an aromatic ring is 1. The first-order chi connectivity index (χ1) is 10.5. The number of anilines is 1. The van der Waals surface area contributed by atoms with Crippen molar-refractivity contribution < 1.29 is 9.90 Å². The van der Waals surface area contributed by atoms with Gasteiger partial charge in [0.05, 0.1) is 5.56 Å². The van der Waals surface area contributed by atoms with Crippen molar-refractivity contribution in [3.05, 3.63) is 28.8 Å². The minimum absolute atomic E-state index is 0.284. The van der Waals surface area contributed by atoms with Gasteiger partial charge in [-0.05, 0) is 54.2 Å². The molecule has 128 valence electrons. The zero-order valence-electron chi connectivity index (χ0n) is 15.0. The molecule has 0 aliphatic heterocycles. The van der Waals surface area contributed by atoms with E-state index in [1.54, 1.807) is 6.07 Å². The fraction of sp³-hybridized carbons (Fsp3) is 0.632. The molecular formula is C19H30N2O2. The number of aromatic carboxylic acids is 1. The molecule has 1 aromatic rings. The topological polar surface area (TPSA) is 75.3 Å². The fourth-order valence-corrected chi connectivity index (χ4v) is 4.41.